The van der Waals surface area contributed by atoms with E-state index in [9.17, 15) is 13.2 Å². The molecule has 0 saturated carbocycles. The van der Waals surface area contributed by atoms with Crippen LogP contribution in [0.4, 0.5) is 0 Å². The summed E-state index contributed by atoms with van der Waals surface area (Å²) in [5.74, 6) is -0.184. The van der Waals surface area contributed by atoms with Crippen LogP contribution in [-0.2, 0) is 21.8 Å². The number of hydrogen-bond donors (Lipinski definition) is 1. The lowest BCUT2D eigenvalue weighted by molar-refractivity contribution is 0.0788. The van der Waals surface area contributed by atoms with E-state index in [-0.39, 0.29) is 23.5 Å². The molecular formula is C17H27N3O4S. The van der Waals surface area contributed by atoms with Gasteiger partial charge >= 0.3 is 0 Å². The predicted molar refractivity (Wildman–Crippen MR) is 94.2 cm³/mol. The Morgan fingerprint density at radius 3 is 2.48 bits per heavy atom. The molecule has 0 spiro atoms. The van der Waals surface area contributed by atoms with Crippen molar-refractivity contribution < 1.29 is 17.9 Å². The molecule has 2 aliphatic heterocycles. The molecule has 1 aromatic heterocycles. The van der Waals surface area contributed by atoms with Gasteiger partial charge in [0.15, 0.2) is 0 Å². The largest absolute Gasteiger partial charge is 0.377 e. The van der Waals surface area contributed by atoms with Crippen molar-refractivity contribution >= 4 is 15.9 Å². The van der Waals surface area contributed by atoms with E-state index >= 15 is 0 Å². The zero-order chi connectivity index (χ0) is 18.2. The van der Waals surface area contributed by atoms with Crippen molar-refractivity contribution in [1.82, 2.24) is 14.2 Å². The highest BCUT2D eigenvalue weighted by Crippen LogP contribution is 2.28. The van der Waals surface area contributed by atoms with Gasteiger partial charge in [-0.15, -0.1) is 0 Å². The second-order valence-electron chi connectivity index (χ2n) is 6.92. The summed E-state index contributed by atoms with van der Waals surface area (Å²) >= 11 is 0. The molecule has 8 heteroatoms. The molecule has 1 N–H and O–H groups in total. The smallest absolute Gasteiger partial charge is 0.257 e. The van der Waals surface area contributed by atoms with Crippen molar-refractivity contribution in [2.24, 2.45) is 7.05 Å². The normalized spacial score (nSPS) is 21.2. The molecule has 0 aliphatic carbocycles. The Balaban J connectivity index is 1.93. The number of rotatable bonds is 5. The van der Waals surface area contributed by atoms with Crippen LogP contribution in [0, 0.1) is 13.8 Å². The summed E-state index contributed by atoms with van der Waals surface area (Å²) in [7, 11) is -1.99. The number of nitrogens with zero attached hydrogens (tertiary/aromatic N) is 2. The molecule has 0 radical (unpaired) electrons. The molecule has 1 amide bonds. The Labute approximate surface area is 149 Å². The van der Waals surface area contributed by atoms with Gasteiger partial charge in [-0.05, 0) is 39.5 Å². The lowest BCUT2D eigenvalue weighted by Gasteiger charge is -2.17. The van der Waals surface area contributed by atoms with E-state index in [4.69, 9.17) is 4.74 Å². The molecule has 3 rings (SSSR count). The van der Waals surface area contributed by atoms with Gasteiger partial charge in [-0.3, -0.25) is 4.79 Å². The molecular weight excluding hydrogens is 342 g/mol. The monoisotopic (exact) mass is 369 g/mol. The molecule has 0 aromatic carbocycles. The Kier molecular flexibility index (Phi) is 5.22. The number of carbonyl (C=O) groups excluding carboxylic acids is 1. The van der Waals surface area contributed by atoms with Crippen LogP contribution in [0.3, 0.4) is 0 Å². The minimum absolute atomic E-state index is 0.0855. The standard InChI is InChI=1S/C17H27N3O4S/c1-12-15(17(21)20-8-4-5-9-20)16(13(2)19(12)3)25(22,23)18-11-14-7-6-10-24-14/h14,18H,4-11H2,1-3H3. The molecule has 0 bridgehead atoms. The minimum atomic E-state index is -3.78. The van der Waals surface area contributed by atoms with Gasteiger partial charge in [-0.25, -0.2) is 13.1 Å². The van der Waals surface area contributed by atoms with Crippen molar-refractivity contribution in [2.45, 2.75) is 50.5 Å². The van der Waals surface area contributed by atoms with Crippen LogP contribution in [0.25, 0.3) is 0 Å². The quantitative estimate of drug-likeness (QED) is 0.849. The van der Waals surface area contributed by atoms with E-state index in [0.717, 1.165) is 25.7 Å². The third kappa shape index (κ3) is 3.47. The fourth-order valence-corrected chi connectivity index (χ4v) is 5.24. The van der Waals surface area contributed by atoms with E-state index in [1.165, 1.54) is 0 Å². The molecule has 2 saturated heterocycles. The Hall–Kier alpha value is -1.38. The molecule has 140 valence electrons. The van der Waals surface area contributed by atoms with Crippen molar-refractivity contribution in [3.8, 4) is 0 Å². The van der Waals surface area contributed by atoms with Gasteiger partial charge < -0.3 is 14.2 Å². The average molecular weight is 369 g/mol. The molecule has 7 nitrogen and oxygen atoms in total. The summed E-state index contributed by atoms with van der Waals surface area (Å²) in [6.07, 6.45) is 3.66. The lowest BCUT2D eigenvalue weighted by atomic mass is 10.2. The molecule has 1 aromatic rings. The average Bonchev–Trinajstić information content (AvgIpc) is 3.31. The minimum Gasteiger partial charge on any atom is -0.377 e. The number of likely N-dealkylation sites (tertiary alicyclic amines) is 1. The van der Waals surface area contributed by atoms with Gasteiger partial charge in [0.25, 0.3) is 5.91 Å². The van der Waals surface area contributed by atoms with E-state index in [1.807, 2.05) is 0 Å². The number of nitrogens with one attached hydrogen (secondary N) is 1. The van der Waals surface area contributed by atoms with Crippen LogP contribution in [-0.4, -0.2) is 56.1 Å². The van der Waals surface area contributed by atoms with Gasteiger partial charge in [0, 0.05) is 44.7 Å². The zero-order valence-corrected chi connectivity index (χ0v) is 16.0. The van der Waals surface area contributed by atoms with Crippen molar-refractivity contribution in [2.75, 3.05) is 26.2 Å². The molecule has 3 heterocycles. The predicted octanol–water partition coefficient (Wildman–Crippen LogP) is 1.34. The Bertz CT molecular complexity index is 757. The number of hydrogen-bond acceptors (Lipinski definition) is 4. The maximum absolute atomic E-state index is 13.0. The van der Waals surface area contributed by atoms with Crippen LogP contribution in [0.2, 0.25) is 0 Å². The summed E-state index contributed by atoms with van der Waals surface area (Å²) in [5.41, 5.74) is 1.58. The van der Waals surface area contributed by atoms with Crippen molar-refractivity contribution in [3.63, 3.8) is 0 Å². The Morgan fingerprint density at radius 1 is 1.20 bits per heavy atom. The van der Waals surface area contributed by atoms with Gasteiger partial charge in [0.2, 0.25) is 10.0 Å². The van der Waals surface area contributed by atoms with Crippen LogP contribution < -0.4 is 4.72 Å². The van der Waals surface area contributed by atoms with E-state index in [2.05, 4.69) is 4.72 Å². The summed E-state index contributed by atoms with van der Waals surface area (Å²) in [4.78, 5) is 14.8. The third-order valence-corrected chi connectivity index (χ3v) is 6.91. The lowest BCUT2D eigenvalue weighted by Crippen LogP contribution is -2.34. The summed E-state index contributed by atoms with van der Waals surface area (Å²) in [6.45, 7) is 5.84. The van der Waals surface area contributed by atoms with Crippen LogP contribution >= 0.6 is 0 Å². The van der Waals surface area contributed by atoms with E-state index in [0.29, 0.717) is 36.6 Å². The van der Waals surface area contributed by atoms with Gasteiger partial charge in [0.05, 0.1) is 11.7 Å². The third-order valence-electron chi connectivity index (χ3n) is 5.32. The molecule has 1 unspecified atom stereocenters. The first-order valence-electron chi connectivity index (χ1n) is 8.89. The highest BCUT2D eigenvalue weighted by atomic mass is 32.2. The fraction of sp³-hybridized carbons (Fsp3) is 0.706. The first-order valence-corrected chi connectivity index (χ1v) is 10.4. The van der Waals surface area contributed by atoms with E-state index in [1.54, 1.807) is 30.4 Å². The summed E-state index contributed by atoms with van der Waals surface area (Å²) < 4.78 is 35.9. The van der Waals surface area contributed by atoms with Gasteiger partial charge in [-0.2, -0.15) is 0 Å². The first-order chi connectivity index (χ1) is 11.8. The van der Waals surface area contributed by atoms with E-state index < -0.39 is 10.0 Å². The zero-order valence-electron chi connectivity index (χ0n) is 15.2. The number of carbonyl (C=O) groups is 1. The number of ether oxygens (including phenoxy) is 1. The number of sulfonamides is 1. The van der Waals surface area contributed by atoms with Crippen LogP contribution in [0.5, 0.6) is 0 Å². The van der Waals surface area contributed by atoms with Crippen LogP contribution in [0.15, 0.2) is 4.90 Å². The first kappa shape index (κ1) is 18.4. The molecule has 2 aliphatic rings. The summed E-state index contributed by atoms with van der Waals surface area (Å²) in [5, 5.41) is 0. The topological polar surface area (TPSA) is 80.6 Å². The SMILES string of the molecule is Cc1c(C(=O)N2CCCC2)c(S(=O)(=O)NCC2CCCO2)c(C)n1C. The summed E-state index contributed by atoms with van der Waals surface area (Å²) in [6, 6.07) is 0. The molecule has 2 fully saturated rings. The number of aromatic nitrogens is 1. The maximum atomic E-state index is 13.0. The Morgan fingerprint density at radius 2 is 1.88 bits per heavy atom. The van der Waals surface area contributed by atoms with Gasteiger partial charge in [-0.1, -0.05) is 0 Å². The van der Waals surface area contributed by atoms with Crippen LogP contribution in [0.1, 0.15) is 47.4 Å². The van der Waals surface area contributed by atoms with Crippen molar-refractivity contribution in [3.05, 3.63) is 17.0 Å². The van der Waals surface area contributed by atoms with Crippen molar-refractivity contribution in [1.29, 1.82) is 0 Å². The van der Waals surface area contributed by atoms with Gasteiger partial charge in [0.1, 0.15) is 4.90 Å². The second kappa shape index (κ2) is 7.09. The fourth-order valence-electron chi connectivity index (χ4n) is 3.66. The second-order valence-corrected chi connectivity index (χ2v) is 8.62. The maximum Gasteiger partial charge on any atom is 0.257 e. The highest BCUT2D eigenvalue weighted by molar-refractivity contribution is 7.89. The highest BCUT2D eigenvalue weighted by Gasteiger charge is 2.34. The molecule has 25 heavy (non-hydrogen) atoms. The number of amides is 1. The molecule has 1 atom stereocenters.